The number of nitrogens with one attached hydrogen (secondary N) is 1. The highest BCUT2D eigenvalue weighted by Crippen LogP contribution is 2.20. The Kier molecular flexibility index (Phi) is 6.55. The van der Waals surface area contributed by atoms with Crippen molar-refractivity contribution in [3.8, 4) is 6.07 Å². The summed E-state index contributed by atoms with van der Waals surface area (Å²) < 4.78 is 0. The number of rotatable bonds is 8. The van der Waals surface area contributed by atoms with Gasteiger partial charge in [-0.2, -0.15) is 5.26 Å². The molecule has 0 heterocycles. The molecule has 1 rings (SSSR count). The lowest BCUT2D eigenvalue weighted by molar-refractivity contribution is 0.240. The quantitative estimate of drug-likeness (QED) is 0.706. The first-order chi connectivity index (χ1) is 9.07. The van der Waals surface area contributed by atoms with Crippen molar-refractivity contribution in [2.45, 2.75) is 39.2 Å². The molecule has 0 saturated heterocycles. The molecule has 3 nitrogen and oxygen atoms in total. The number of hydrogen-bond acceptors (Lipinski definition) is 3. The molecule has 0 aliphatic carbocycles. The maximum atomic E-state index is 9.38. The van der Waals surface area contributed by atoms with Gasteiger partial charge in [-0.25, -0.2) is 0 Å². The number of hydrogen-bond donors (Lipinski definition) is 2. The van der Waals surface area contributed by atoms with Crippen molar-refractivity contribution in [1.29, 1.82) is 5.26 Å². The molecule has 0 amide bonds. The van der Waals surface area contributed by atoms with Gasteiger partial charge >= 0.3 is 0 Å². The van der Waals surface area contributed by atoms with Crippen LogP contribution in [0.25, 0.3) is 0 Å². The third-order valence-electron chi connectivity index (χ3n) is 3.26. The molecule has 104 valence electrons. The van der Waals surface area contributed by atoms with Crippen LogP contribution in [0, 0.1) is 16.7 Å². The molecule has 1 aromatic carbocycles. The average molecular weight is 260 g/mol. The van der Waals surface area contributed by atoms with Gasteiger partial charge in [-0.1, -0.05) is 30.3 Å². The fourth-order valence-electron chi connectivity index (χ4n) is 1.99. The first-order valence-electron chi connectivity index (χ1n) is 6.87. The summed E-state index contributed by atoms with van der Waals surface area (Å²) >= 11 is 0. The maximum absolute atomic E-state index is 9.38. The van der Waals surface area contributed by atoms with E-state index < -0.39 is 0 Å². The van der Waals surface area contributed by atoms with Crippen molar-refractivity contribution in [2.75, 3.05) is 13.2 Å². The molecule has 19 heavy (non-hydrogen) atoms. The first kappa shape index (κ1) is 15.7. The summed E-state index contributed by atoms with van der Waals surface area (Å²) in [5, 5.41) is 21.7. The smallest absolute Gasteiger partial charge is 0.0683 e. The Morgan fingerprint density at radius 3 is 2.58 bits per heavy atom. The SMILES string of the molecule is CC(C)(C#N)CCCNC(CO)Cc1ccccc1. The molecule has 1 aromatic rings. The van der Waals surface area contributed by atoms with Crippen LogP contribution in [0.15, 0.2) is 30.3 Å². The van der Waals surface area contributed by atoms with Crippen LogP contribution >= 0.6 is 0 Å². The van der Waals surface area contributed by atoms with E-state index in [-0.39, 0.29) is 18.1 Å². The predicted molar refractivity (Wildman–Crippen MR) is 77.7 cm³/mol. The molecule has 0 bridgehead atoms. The third-order valence-corrected chi connectivity index (χ3v) is 3.26. The van der Waals surface area contributed by atoms with Gasteiger partial charge < -0.3 is 10.4 Å². The lowest BCUT2D eigenvalue weighted by Gasteiger charge is -2.18. The topological polar surface area (TPSA) is 56.0 Å². The van der Waals surface area contributed by atoms with Crippen LogP contribution in [-0.2, 0) is 6.42 Å². The third kappa shape index (κ3) is 6.37. The van der Waals surface area contributed by atoms with E-state index in [2.05, 4.69) is 23.5 Å². The monoisotopic (exact) mass is 260 g/mol. The Hall–Kier alpha value is -1.37. The van der Waals surface area contributed by atoms with Crippen molar-refractivity contribution < 1.29 is 5.11 Å². The molecular formula is C16H24N2O. The van der Waals surface area contributed by atoms with E-state index in [0.29, 0.717) is 0 Å². The average Bonchev–Trinajstić information content (AvgIpc) is 2.43. The van der Waals surface area contributed by atoms with E-state index in [9.17, 15) is 5.11 Å². The Balaban J connectivity index is 2.28. The molecule has 0 spiro atoms. The van der Waals surface area contributed by atoms with Gasteiger partial charge in [0.05, 0.1) is 18.1 Å². The van der Waals surface area contributed by atoms with Gasteiger partial charge in [0.25, 0.3) is 0 Å². The Bertz CT molecular complexity index is 395. The lowest BCUT2D eigenvalue weighted by Crippen LogP contribution is -2.35. The van der Waals surface area contributed by atoms with Gasteiger partial charge in [-0.05, 0) is 45.2 Å². The zero-order valence-electron chi connectivity index (χ0n) is 11.9. The maximum Gasteiger partial charge on any atom is 0.0683 e. The zero-order valence-corrected chi connectivity index (χ0v) is 11.9. The van der Waals surface area contributed by atoms with Crippen LogP contribution in [0.1, 0.15) is 32.3 Å². The summed E-state index contributed by atoms with van der Waals surface area (Å²) in [7, 11) is 0. The summed E-state index contributed by atoms with van der Waals surface area (Å²) in [6, 6.07) is 12.6. The van der Waals surface area contributed by atoms with Gasteiger partial charge in [-0.15, -0.1) is 0 Å². The number of nitrogens with zero attached hydrogens (tertiary/aromatic N) is 1. The summed E-state index contributed by atoms with van der Waals surface area (Å²) in [5.74, 6) is 0. The summed E-state index contributed by atoms with van der Waals surface area (Å²) in [5.41, 5.74) is 0.974. The minimum absolute atomic E-state index is 0.0904. The highest BCUT2D eigenvalue weighted by molar-refractivity contribution is 5.15. The molecular weight excluding hydrogens is 236 g/mol. The van der Waals surface area contributed by atoms with Crippen molar-refractivity contribution in [3.05, 3.63) is 35.9 Å². The van der Waals surface area contributed by atoms with Gasteiger partial charge in [0.2, 0.25) is 0 Å². The minimum atomic E-state index is -0.254. The van der Waals surface area contributed by atoms with Crippen LogP contribution in [-0.4, -0.2) is 24.3 Å². The second-order valence-electron chi connectivity index (χ2n) is 5.62. The van der Waals surface area contributed by atoms with Gasteiger partial charge in [0.1, 0.15) is 0 Å². The van der Waals surface area contributed by atoms with Crippen molar-refractivity contribution in [2.24, 2.45) is 5.41 Å². The van der Waals surface area contributed by atoms with Crippen molar-refractivity contribution in [3.63, 3.8) is 0 Å². The number of nitriles is 1. The van der Waals surface area contributed by atoms with E-state index in [4.69, 9.17) is 5.26 Å². The molecule has 0 aliphatic rings. The molecule has 0 radical (unpaired) electrons. The van der Waals surface area contributed by atoms with Gasteiger partial charge in [-0.3, -0.25) is 0 Å². The predicted octanol–water partition coefficient (Wildman–Crippen LogP) is 2.51. The van der Waals surface area contributed by atoms with Crippen molar-refractivity contribution >= 4 is 0 Å². The Morgan fingerprint density at radius 2 is 2.00 bits per heavy atom. The summed E-state index contributed by atoms with van der Waals surface area (Å²) in [4.78, 5) is 0. The normalized spacial score (nSPS) is 12.9. The molecule has 3 heteroatoms. The molecule has 0 fully saturated rings. The van der Waals surface area contributed by atoms with E-state index in [0.717, 1.165) is 25.8 Å². The number of aliphatic hydroxyl groups excluding tert-OH is 1. The minimum Gasteiger partial charge on any atom is -0.395 e. The van der Waals surface area contributed by atoms with Crippen LogP contribution in [0.2, 0.25) is 0 Å². The Labute approximate surface area is 116 Å². The second-order valence-corrected chi connectivity index (χ2v) is 5.62. The van der Waals surface area contributed by atoms with E-state index in [1.54, 1.807) is 0 Å². The Morgan fingerprint density at radius 1 is 1.32 bits per heavy atom. The molecule has 0 aliphatic heterocycles. The highest BCUT2D eigenvalue weighted by Gasteiger charge is 2.16. The van der Waals surface area contributed by atoms with E-state index in [1.165, 1.54) is 5.56 Å². The van der Waals surface area contributed by atoms with Crippen LogP contribution < -0.4 is 5.32 Å². The number of aliphatic hydroxyl groups is 1. The molecule has 0 saturated carbocycles. The summed E-state index contributed by atoms with van der Waals surface area (Å²) in [6.45, 7) is 4.89. The van der Waals surface area contributed by atoms with E-state index in [1.807, 2.05) is 32.0 Å². The first-order valence-corrected chi connectivity index (χ1v) is 6.87. The zero-order chi connectivity index (χ0) is 14.1. The second kappa shape index (κ2) is 7.93. The van der Waals surface area contributed by atoms with Gasteiger partial charge in [0, 0.05) is 6.04 Å². The molecule has 0 aromatic heterocycles. The molecule has 1 atom stereocenters. The fourth-order valence-corrected chi connectivity index (χ4v) is 1.99. The molecule has 2 N–H and O–H groups in total. The molecule has 1 unspecified atom stereocenters. The largest absolute Gasteiger partial charge is 0.395 e. The van der Waals surface area contributed by atoms with E-state index >= 15 is 0 Å². The van der Waals surface area contributed by atoms with Crippen LogP contribution in [0.5, 0.6) is 0 Å². The highest BCUT2D eigenvalue weighted by atomic mass is 16.3. The standard InChI is InChI=1S/C16H24N2O/c1-16(2,13-17)9-6-10-18-15(12-19)11-14-7-4-3-5-8-14/h3-5,7-8,15,18-19H,6,9-12H2,1-2H3. The summed E-state index contributed by atoms with van der Waals surface area (Å²) in [6.07, 6.45) is 2.66. The fraction of sp³-hybridized carbons (Fsp3) is 0.562. The lowest BCUT2D eigenvalue weighted by atomic mass is 9.90. The number of benzene rings is 1. The van der Waals surface area contributed by atoms with Crippen LogP contribution in [0.4, 0.5) is 0 Å². The van der Waals surface area contributed by atoms with Crippen molar-refractivity contribution in [1.82, 2.24) is 5.32 Å². The van der Waals surface area contributed by atoms with Gasteiger partial charge in [0.15, 0.2) is 0 Å². The van der Waals surface area contributed by atoms with Crippen LogP contribution in [0.3, 0.4) is 0 Å².